The van der Waals surface area contributed by atoms with Gasteiger partial charge in [-0.15, -0.1) is 0 Å². The number of benzene rings is 2. The molecule has 0 heterocycles. The first-order valence-electron chi connectivity index (χ1n) is 5.77. The standard InChI is InChI=1S/C10H13Cl.C6H6/c1-10(2,3)8-6-4-5-7-9(8)11;1-2-4-6-5-3-1/h4-7H,1-3H3;1-6H. The largest absolute Gasteiger partial charge is 0.0840 e. The molecule has 0 aliphatic carbocycles. The van der Waals surface area contributed by atoms with E-state index in [9.17, 15) is 0 Å². The lowest BCUT2D eigenvalue weighted by Gasteiger charge is -2.19. The Morgan fingerprint density at radius 3 is 1.41 bits per heavy atom. The van der Waals surface area contributed by atoms with Crippen LogP contribution in [0.2, 0.25) is 5.02 Å². The van der Waals surface area contributed by atoms with Gasteiger partial charge in [-0.3, -0.25) is 0 Å². The van der Waals surface area contributed by atoms with E-state index in [0.29, 0.717) is 0 Å². The quantitative estimate of drug-likeness (QED) is 0.590. The highest BCUT2D eigenvalue weighted by Gasteiger charge is 2.15. The van der Waals surface area contributed by atoms with E-state index in [1.165, 1.54) is 5.56 Å². The van der Waals surface area contributed by atoms with Crippen LogP contribution in [0.25, 0.3) is 0 Å². The summed E-state index contributed by atoms with van der Waals surface area (Å²) in [5, 5.41) is 0.861. The maximum absolute atomic E-state index is 6.01. The molecule has 2 aromatic rings. The maximum Gasteiger partial charge on any atom is 0.0443 e. The van der Waals surface area contributed by atoms with Gasteiger partial charge >= 0.3 is 0 Å². The summed E-state index contributed by atoms with van der Waals surface area (Å²) in [7, 11) is 0. The Morgan fingerprint density at radius 1 is 0.706 bits per heavy atom. The van der Waals surface area contributed by atoms with Gasteiger partial charge in [0.25, 0.3) is 0 Å². The summed E-state index contributed by atoms with van der Waals surface area (Å²) >= 11 is 6.01. The van der Waals surface area contributed by atoms with E-state index in [1.807, 2.05) is 54.6 Å². The molecule has 2 rings (SSSR count). The molecule has 0 amide bonds. The molecule has 0 fully saturated rings. The van der Waals surface area contributed by atoms with Crippen LogP contribution >= 0.6 is 11.6 Å². The first kappa shape index (κ1) is 13.8. The highest BCUT2D eigenvalue weighted by atomic mass is 35.5. The molecule has 0 atom stereocenters. The predicted octanol–water partition coefficient (Wildman–Crippen LogP) is 5.32. The highest BCUT2D eigenvalue weighted by Crippen LogP contribution is 2.28. The van der Waals surface area contributed by atoms with E-state index in [2.05, 4.69) is 26.8 Å². The van der Waals surface area contributed by atoms with Gasteiger partial charge in [0.05, 0.1) is 0 Å². The monoisotopic (exact) mass is 246 g/mol. The molecule has 17 heavy (non-hydrogen) atoms. The fraction of sp³-hybridized carbons (Fsp3) is 0.250. The first-order valence-corrected chi connectivity index (χ1v) is 6.14. The molecule has 0 spiro atoms. The van der Waals surface area contributed by atoms with E-state index in [0.717, 1.165) is 5.02 Å². The van der Waals surface area contributed by atoms with Crippen molar-refractivity contribution in [3.05, 3.63) is 71.2 Å². The Labute approximate surface area is 109 Å². The van der Waals surface area contributed by atoms with E-state index in [4.69, 9.17) is 11.6 Å². The molecular weight excluding hydrogens is 228 g/mol. The van der Waals surface area contributed by atoms with Gasteiger partial charge in [0.2, 0.25) is 0 Å². The van der Waals surface area contributed by atoms with Crippen molar-refractivity contribution in [1.82, 2.24) is 0 Å². The number of hydrogen-bond acceptors (Lipinski definition) is 0. The van der Waals surface area contributed by atoms with Gasteiger partial charge in [-0.25, -0.2) is 0 Å². The molecule has 0 nitrogen and oxygen atoms in total. The molecule has 0 unspecified atom stereocenters. The van der Waals surface area contributed by atoms with Crippen LogP contribution in [0, 0.1) is 0 Å². The Hall–Kier alpha value is -1.27. The first-order chi connectivity index (χ1) is 8.02. The van der Waals surface area contributed by atoms with Crippen molar-refractivity contribution in [3.63, 3.8) is 0 Å². The molecule has 1 heteroatoms. The Kier molecular flexibility index (Phi) is 5.24. The zero-order valence-electron chi connectivity index (χ0n) is 10.7. The minimum atomic E-state index is 0.151. The molecule has 0 radical (unpaired) electrons. The second-order valence-electron chi connectivity index (χ2n) is 4.88. The molecule has 2 aromatic carbocycles. The summed E-state index contributed by atoms with van der Waals surface area (Å²) in [6, 6.07) is 20.0. The van der Waals surface area contributed by atoms with Gasteiger partial charge in [0.15, 0.2) is 0 Å². The average molecular weight is 247 g/mol. The molecule has 0 aromatic heterocycles. The third-order valence-corrected chi connectivity index (χ3v) is 2.68. The lowest BCUT2D eigenvalue weighted by molar-refractivity contribution is 0.590. The van der Waals surface area contributed by atoms with Gasteiger partial charge in [0.1, 0.15) is 0 Å². The molecule has 0 bridgehead atoms. The van der Waals surface area contributed by atoms with Crippen LogP contribution in [-0.4, -0.2) is 0 Å². The highest BCUT2D eigenvalue weighted by molar-refractivity contribution is 6.31. The van der Waals surface area contributed by atoms with Gasteiger partial charge in [-0.1, -0.05) is 87.0 Å². The Balaban J connectivity index is 0.000000202. The minimum absolute atomic E-state index is 0.151. The predicted molar refractivity (Wildman–Crippen MR) is 76.6 cm³/mol. The second-order valence-corrected chi connectivity index (χ2v) is 5.29. The summed E-state index contributed by atoms with van der Waals surface area (Å²) < 4.78 is 0. The molecule has 0 saturated carbocycles. The Morgan fingerprint density at radius 2 is 1.12 bits per heavy atom. The van der Waals surface area contributed by atoms with Gasteiger partial charge in [-0.05, 0) is 17.0 Å². The Bertz CT molecular complexity index is 400. The molecule has 90 valence electrons. The fourth-order valence-electron chi connectivity index (χ4n) is 1.45. The van der Waals surface area contributed by atoms with Crippen molar-refractivity contribution < 1.29 is 0 Å². The molecule has 0 aliphatic rings. The third-order valence-electron chi connectivity index (χ3n) is 2.35. The summed E-state index contributed by atoms with van der Waals surface area (Å²) in [4.78, 5) is 0. The maximum atomic E-state index is 6.01. The van der Waals surface area contributed by atoms with E-state index < -0.39 is 0 Å². The summed E-state index contributed by atoms with van der Waals surface area (Å²) in [5.41, 5.74) is 1.36. The number of rotatable bonds is 0. The van der Waals surface area contributed by atoms with Crippen LogP contribution in [0.1, 0.15) is 26.3 Å². The zero-order chi connectivity index (χ0) is 12.7. The van der Waals surface area contributed by atoms with Crippen LogP contribution in [-0.2, 0) is 5.41 Å². The van der Waals surface area contributed by atoms with Crippen molar-refractivity contribution in [2.75, 3.05) is 0 Å². The van der Waals surface area contributed by atoms with Crippen LogP contribution in [0.5, 0.6) is 0 Å². The van der Waals surface area contributed by atoms with Crippen molar-refractivity contribution in [2.45, 2.75) is 26.2 Å². The lowest BCUT2D eigenvalue weighted by Crippen LogP contribution is -2.11. The van der Waals surface area contributed by atoms with E-state index >= 15 is 0 Å². The lowest BCUT2D eigenvalue weighted by atomic mass is 9.87. The topological polar surface area (TPSA) is 0 Å². The summed E-state index contributed by atoms with van der Waals surface area (Å²) in [6.07, 6.45) is 0. The normalized spacial score (nSPS) is 10.4. The third kappa shape index (κ3) is 5.06. The van der Waals surface area contributed by atoms with E-state index in [-0.39, 0.29) is 5.41 Å². The van der Waals surface area contributed by atoms with Crippen molar-refractivity contribution in [3.8, 4) is 0 Å². The van der Waals surface area contributed by atoms with Gasteiger partial charge < -0.3 is 0 Å². The smallest absolute Gasteiger partial charge is 0.0443 e. The van der Waals surface area contributed by atoms with Crippen molar-refractivity contribution >= 4 is 11.6 Å². The average Bonchev–Trinajstić information content (AvgIpc) is 2.31. The number of halogens is 1. The van der Waals surface area contributed by atoms with Crippen LogP contribution in [0.3, 0.4) is 0 Å². The van der Waals surface area contributed by atoms with Crippen molar-refractivity contribution in [2.24, 2.45) is 0 Å². The molecule has 0 saturated heterocycles. The number of hydrogen-bond donors (Lipinski definition) is 0. The van der Waals surface area contributed by atoms with Crippen LogP contribution in [0.4, 0.5) is 0 Å². The zero-order valence-corrected chi connectivity index (χ0v) is 11.4. The molecule has 0 aliphatic heterocycles. The van der Waals surface area contributed by atoms with Crippen molar-refractivity contribution in [1.29, 1.82) is 0 Å². The van der Waals surface area contributed by atoms with Gasteiger partial charge in [-0.2, -0.15) is 0 Å². The summed E-state index contributed by atoms with van der Waals surface area (Å²) in [6.45, 7) is 6.48. The van der Waals surface area contributed by atoms with E-state index in [1.54, 1.807) is 0 Å². The molecular formula is C16H19Cl. The SMILES string of the molecule is CC(C)(C)c1ccccc1Cl.c1ccccc1. The van der Waals surface area contributed by atoms with Crippen LogP contribution < -0.4 is 0 Å². The van der Waals surface area contributed by atoms with Crippen LogP contribution in [0.15, 0.2) is 60.7 Å². The minimum Gasteiger partial charge on any atom is -0.0840 e. The second kappa shape index (κ2) is 6.46. The summed E-state index contributed by atoms with van der Waals surface area (Å²) in [5.74, 6) is 0. The fourth-order valence-corrected chi connectivity index (χ4v) is 1.87. The molecule has 0 N–H and O–H groups in total. The van der Waals surface area contributed by atoms with Gasteiger partial charge in [0, 0.05) is 5.02 Å².